The molecule has 0 aliphatic heterocycles. The second-order valence-electron chi connectivity index (χ2n) is 7.85. The summed E-state index contributed by atoms with van der Waals surface area (Å²) in [5, 5.41) is 20.5. The third-order valence-electron chi connectivity index (χ3n) is 4.35. The van der Waals surface area contributed by atoms with Crippen LogP contribution in [0.2, 0.25) is 0 Å². The van der Waals surface area contributed by atoms with Crippen LogP contribution in [-0.2, 0) is 0 Å². The molecule has 7 heteroatoms. The van der Waals surface area contributed by atoms with Gasteiger partial charge in [-0.3, -0.25) is 9.78 Å². The number of nitrogens with zero attached hydrogens (tertiary/aromatic N) is 3. The Balaban J connectivity index is 1.97. The maximum atomic E-state index is 12.8. The lowest BCUT2D eigenvalue weighted by Gasteiger charge is -2.18. The average Bonchev–Trinajstić information content (AvgIpc) is 3.06. The van der Waals surface area contributed by atoms with E-state index >= 15 is 0 Å². The second kappa shape index (κ2) is 7.98. The summed E-state index contributed by atoms with van der Waals surface area (Å²) in [6.07, 6.45) is 7.48. The first-order chi connectivity index (χ1) is 13.2. The number of anilines is 1. The largest absolute Gasteiger partial charge is 0.390 e. The van der Waals surface area contributed by atoms with Gasteiger partial charge in [0.25, 0.3) is 5.91 Å². The lowest BCUT2D eigenvalue weighted by molar-refractivity contribution is 0.0693. The number of pyridine rings is 1. The van der Waals surface area contributed by atoms with Crippen LogP contribution in [0.5, 0.6) is 0 Å². The minimum Gasteiger partial charge on any atom is -0.390 e. The molecule has 3 aromatic heterocycles. The third kappa shape index (κ3) is 4.67. The predicted molar refractivity (Wildman–Crippen MR) is 110 cm³/mol. The first kappa shape index (κ1) is 19.8. The van der Waals surface area contributed by atoms with Crippen LogP contribution in [0.15, 0.2) is 43.0 Å². The van der Waals surface area contributed by atoms with Gasteiger partial charge >= 0.3 is 0 Å². The predicted octanol–water partition coefficient (Wildman–Crippen LogP) is 3.11. The van der Waals surface area contributed by atoms with Gasteiger partial charge in [0.15, 0.2) is 0 Å². The van der Waals surface area contributed by atoms with Crippen molar-refractivity contribution in [2.45, 2.75) is 45.8 Å². The number of carbonyl (C=O) groups is 1. The lowest BCUT2D eigenvalue weighted by atomic mass is 10.1. The summed E-state index contributed by atoms with van der Waals surface area (Å²) < 4.78 is 1.77. The Morgan fingerprint density at radius 1 is 1.25 bits per heavy atom. The van der Waals surface area contributed by atoms with Crippen molar-refractivity contribution in [2.24, 2.45) is 0 Å². The first-order valence-electron chi connectivity index (χ1n) is 9.43. The molecule has 3 heterocycles. The van der Waals surface area contributed by atoms with Crippen LogP contribution in [0.4, 0.5) is 5.69 Å². The van der Waals surface area contributed by atoms with Crippen molar-refractivity contribution in [3.05, 3.63) is 48.5 Å². The van der Waals surface area contributed by atoms with E-state index in [4.69, 9.17) is 0 Å². The van der Waals surface area contributed by atoms with Gasteiger partial charge in [-0.1, -0.05) is 0 Å². The molecule has 0 bridgehead atoms. The highest BCUT2D eigenvalue weighted by Crippen LogP contribution is 2.28. The van der Waals surface area contributed by atoms with Crippen molar-refractivity contribution in [2.75, 3.05) is 11.9 Å². The van der Waals surface area contributed by atoms with Gasteiger partial charge < -0.3 is 15.7 Å². The number of carbonyl (C=O) groups excluding carboxylic acids is 1. The number of fused-ring (bicyclic) bond motifs is 1. The minimum atomic E-state index is -0.824. The normalized spacial score (nSPS) is 11.8. The lowest BCUT2D eigenvalue weighted by Crippen LogP contribution is -2.31. The zero-order chi connectivity index (χ0) is 20.3. The molecule has 0 aliphatic rings. The van der Waals surface area contributed by atoms with Crippen LogP contribution in [-0.4, -0.2) is 43.8 Å². The summed E-state index contributed by atoms with van der Waals surface area (Å²) in [5.74, 6) is -0.214. The van der Waals surface area contributed by atoms with Crippen molar-refractivity contribution in [1.29, 1.82) is 0 Å². The molecule has 7 nitrogen and oxygen atoms in total. The summed E-state index contributed by atoms with van der Waals surface area (Å²) in [7, 11) is 0. The Morgan fingerprint density at radius 3 is 2.61 bits per heavy atom. The zero-order valence-corrected chi connectivity index (χ0v) is 16.7. The molecule has 0 unspecified atom stereocenters. The second-order valence-corrected chi connectivity index (χ2v) is 7.85. The monoisotopic (exact) mass is 381 g/mol. The van der Waals surface area contributed by atoms with E-state index in [-0.39, 0.29) is 11.9 Å². The molecule has 3 aromatic rings. The van der Waals surface area contributed by atoms with Crippen molar-refractivity contribution in [3.8, 4) is 11.1 Å². The van der Waals surface area contributed by atoms with Crippen molar-refractivity contribution >= 4 is 17.1 Å². The molecule has 0 saturated heterocycles. The Morgan fingerprint density at radius 2 is 1.96 bits per heavy atom. The van der Waals surface area contributed by atoms with Crippen LogP contribution in [0, 0.1) is 0 Å². The highest BCUT2D eigenvalue weighted by Gasteiger charge is 2.19. The number of amides is 1. The molecule has 3 rings (SSSR count). The minimum absolute atomic E-state index is 0.147. The van der Waals surface area contributed by atoms with E-state index in [0.29, 0.717) is 18.5 Å². The number of rotatable bonds is 7. The summed E-state index contributed by atoms with van der Waals surface area (Å²) in [5.41, 5.74) is 3.27. The standard InChI is InChI=1S/C21H27N5O2/c1-14(2)25-19-17(20(27)23-10-7-21(3,4)28)12-24-26-13-16(11-18(19)26)15-5-8-22-9-6-15/h5-6,8-9,11-14,25,28H,7,10H2,1-4H3,(H,23,27). The first-order valence-corrected chi connectivity index (χ1v) is 9.43. The molecular weight excluding hydrogens is 354 g/mol. The van der Waals surface area contributed by atoms with Gasteiger partial charge in [0, 0.05) is 36.7 Å². The fourth-order valence-corrected chi connectivity index (χ4v) is 2.95. The van der Waals surface area contributed by atoms with E-state index in [0.717, 1.165) is 22.3 Å². The molecule has 0 fully saturated rings. The van der Waals surface area contributed by atoms with Crippen LogP contribution >= 0.6 is 0 Å². The summed E-state index contributed by atoms with van der Waals surface area (Å²) >= 11 is 0. The Hall–Kier alpha value is -2.93. The molecule has 1 amide bonds. The Bertz CT molecular complexity index is 958. The Kier molecular flexibility index (Phi) is 5.65. The Labute approximate surface area is 164 Å². The van der Waals surface area contributed by atoms with E-state index in [1.165, 1.54) is 0 Å². The number of hydrogen-bond donors (Lipinski definition) is 3. The molecular formula is C21H27N5O2. The summed E-state index contributed by atoms with van der Waals surface area (Å²) in [4.78, 5) is 16.8. The summed E-state index contributed by atoms with van der Waals surface area (Å²) in [6.45, 7) is 7.89. The molecule has 0 saturated carbocycles. The highest BCUT2D eigenvalue weighted by atomic mass is 16.3. The quantitative estimate of drug-likeness (QED) is 0.585. The molecule has 0 aromatic carbocycles. The van der Waals surface area contributed by atoms with Gasteiger partial charge in [-0.25, -0.2) is 4.52 Å². The number of hydrogen-bond acceptors (Lipinski definition) is 5. The molecule has 0 aliphatic carbocycles. The topological polar surface area (TPSA) is 91.5 Å². The molecule has 0 radical (unpaired) electrons. The van der Waals surface area contributed by atoms with E-state index in [1.54, 1.807) is 37.0 Å². The molecule has 28 heavy (non-hydrogen) atoms. The number of aliphatic hydroxyl groups is 1. The average molecular weight is 381 g/mol. The van der Waals surface area contributed by atoms with Gasteiger partial charge in [-0.15, -0.1) is 0 Å². The van der Waals surface area contributed by atoms with Crippen LogP contribution in [0.1, 0.15) is 44.5 Å². The van der Waals surface area contributed by atoms with Crippen molar-refractivity contribution in [1.82, 2.24) is 19.9 Å². The van der Waals surface area contributed by atoms with Crippen LogP contribution < -0.4 is 10.6 Å². The highest BCUT2D eigenvalue weighted by molar-refractivity contribution is 6.03. The molecule has 0 spiro atoms. The van der Waals surface area contributed by atoms with Gasteiger partial charge in [0.2, 0.25) is 0 Å². The van der Waals surface area contributed by atoms with E-state index in [1.807, 2.05) is 38.2 Å². The van der Waals surface area contributed by atoms with E-state index in [9.17, 15) is 9.90 Å². The molecule has 0 atom stereocenters. The van der Waals surface area contributed by atoms with Crippen LogP contribution in [0.3, 0.4) is 0 Å². The molecule has 148 valence electrons. The van der Waals surface area contributed by atoms with Gasteiger partial charge in [0.05, 0.1) is 28.6 Å². The van der Waals surface area contributed by atoms with E-state index < -0.39 is 5.60 Å². The van der Waals surface area contributed by atoms with Crippen molar-refractivity contribution < 1.29 is 9.90 Å². The van der Waals surface area contributed by atoms with Gasteiger partial charge in [0.1, 0.15) is 0 Å². The third-order valence-corrected chi connectivity index (χ3v) is 4.35. The van der Waals surface area contributed by atoms with E-state index in [2.05, 4.69) is 20.7 Å². The fraction of sp³-hybridized carbons (Fsp3) is 0.381. The smallest absolute Gasteiger partial charge is 0.255 e. The van der Waals surface area contributed by atoms with Gasteiger partial charge in [-0.2, -0.15) is 5.10 Å². The zero-order valence-electron chi connectivity index (χ0n) is 16.7. The van der Waals surface area contributed by atoms with Crippen LogP contribution in [0.25, 0.3) is 16.6 Å². The maximum absolute atomic E-state index is 12.8. The fourth-order valence-electron chi connectivity index (χ4n) is 2.95. The molecule has 3 N–H and O–H groups in total. The number of nitrogens with one attached hydrogen (secondary N) is 2. The maximum Gasteiger partial charge on any atom is 0.255 e. The van der Waals surface area contributed by atoms with Crippen molar-refractivity contribution in [3.63, 3.8) is 0 Å². The van der Waals surface area contributed by atoms with Gasteiger partial charge in [-0.05, 0) is 57.9 Å². The summed E-state index contributed by atoms with van der Waals surface area (Å²) in [6, 6.07) is 6.04. The SMILES string of the molecule is CC(C)Nc1c(C(=O)NCCC(C)(C)O)cnn2cc(-c3ccncc3)cc12. The number of aromatic nitrogens is 3.